The number of aromatic nitrogens is 1. The Morgan fingerprint density at radius 2 is 2.25 bits per heavy atom. The summed E-state index contributed by atoms with van der Waals surface area (Å²) < 4.78 is 0. The summed E-state index contributed by atoms with van der Waals surface area (Å²) in [7, 11) is 0. The van der Waals surface area contributed by atoms with E-state index in [0.717, 1.165) is 12.8 Å². The molecule has 1 fully saturated rings. The predicted molar refractivity (Wildman–Crippen MR) is 58.1 cm³/mol. The average Bonchev–Trinajstić information content (AvgIpc) is 2.23. The fraction of sp³-hybridized carbons (Fsp3) is 0.455. The summed E-state index contributed by atoms with van der Waals surface area (Å²) in [5.74, 6) is 0.180. The molecule has 5 nitrogen and oxygen atoms in total. The molecule has 0 unspecified atom stereocenters. The lowest BCUT2D eigenvalue weighted by Crippen LogP contribution is -2.38. The zero-order chi connectivity index (χ0) is 11.5. The first kappa shape index (κ1) is 10.9. The minimum absolute atomic E-state index is 0.197. The van der Waals surface area contributed by atoms with E-state index in [4.69, 9.17) is 5.11 Å². The van der Waals surface area contributed by atoms with Crippen molar-refractivity contribution in [1.82, 2.24) is 10.3 Å². The number of hydrogen-bond acceptors (Lipinski definition) is 3. The summed E-state index contributed by atoms with van der Waals surface area (Å²) in [5, 5.41) is 11.8. The lowest BCUT2D eigenvalue weighted by Gasteiger charge is -2.31. The van der Waals surface area contributed by atoms with Crippen molar-refractivity contribution in [3.8, 4) is 0 Å². The number of nitrogens with one attached hydrogen (secondary N) is 2. The van der Waals surface area contributed by atoms with Gasteiger partial charge in [0.15, 0.2) is 0 Å². The molecule has 0 atom stereocenters. The van der Waals surface area contributed by atoms with Gasteiger partial charge in [-0.05, 0) is 24.8 Å². The van der Waals surface area contributed by atoms with E-state index in [9.17, 15) is 9.59 Å². The first-order valence-corrected chi connectivity index (χ1v) is 5.30. The van der Waals surface area contributed by atoms with Gasteiger partial charge in [0.05, 0.1) is 11.7 Å². The zero-order valence-electron chi connectivity index (χ0n) is 8.77. The predicted octanol–water partition coefficient (Wildman–Crippen LogP) is -0.124. The molecule has 0 aliphatic heterocycles. The largest absolute Gasteiger partial charge is 0.393 e. The maximum absolute atomic E-state index is 11.6. The van der Waals surface area contributed by atoms with Gasteiger partial charge < -0.3 is 15.4 Å². The lowest BCUT2D eigenvalue weighted by atomic mass is 9.82. The molecule has 0 spiro atoms. The van der Waals surface area contributed by atoms with E-state index in [1.165, 1.54) is 18.3 Å². The van der Waals surface area contributed by atoms with Crippen LogP contribution in [0.15, 0.2) is 23.1 Å². The molecule has 5 heteroatoms. The number of aliphatic hydroxyl groups excluding tert-OH is 1. The van der Waals surface area contributed by atoms with E-state index in [1.807, 2.05) is 0 Å². The van der Waals surface area contributed by atoms with Crippen molar-refractivity contribution >= 4 is 5.91 Å². The SMILES string of the molecule is O=C(NCC1CC(O)C1)c1ccc(=O)[nH]c1. The summed E-state index contributed by atoms with van der Waals surface area (Å²) >= 11 is 0. The molecule has 0 saturated heterocycles. The van der Waals surface area contributed by atoms with Gasteiger partial charge in [0.1, 0.15) is 0 Å². The minimum Gasteiger partial charge on any atom is -0.393 e. The van der Waals surface area contributed by atoms with Crippen LogP contribution in [-0.4, -0.2) is 28.6 Å². The van der Waals surface area contributed by atoms with Crippen LogP contribution in [0, 0.1) is 5.92 Å². The van der Waals surface area contributed by atoms with Gasteiger partial charge in [-0.2, -0.15) is 0 Å². The molecule has 1 amide bonds. The van der Waals surface area contributed by atoms with Gasteiger partial charge in [-0.1, -0.05) is 0 Å². The molecule has 1 saturated carbocycles. The number of carbonyl (C=O) groups is 1. The lowest BCUT2D eigenvalue weighted by molar-refractivity contribution is 0.0420. The highest BCUT2D eigenvalue weighted by molar-refractivity contribution is 5.93. The number of pyridine rings is 1. The summed E-state index contributed by atoms with van der Waals surface area (Å²) in [4.78, 5) is 24.8. The van der Waals surface area contributed by atoms with Crippen molar-refractivity contribution in [2.75, 3.05) is 6.54 Å². The van der Waals surface area contributed by atoms with E-state index >= 15 is 0 Å². The highest BCUT2D eigenvalue weighted by atomic mass is 16.3. The van der Waals surface area contributed by atoms with Crippen molar-refractivity contribution < 1.29 is 9.90 Å². The Kier molecular flexibility index (Phi) is 3.05. The fourth-order valence-corrected chi connectivity index (χ4v) is 1.76. The highest BCUT2D eigenvalue weighted by Gasteiger charge is 2.27. The molecule has 1 aromatic heterocycles. The Balaban J connectivity index is 1.83. The Bertz CT molecular complexity index is 415. The van der Waals surface area contributed by atoms with Crippen LogP contribution in [0.1, 0.15) is 23.2 Å². The molecule has 1 aliphatic rings. The van der Waals surface area contributed by atoms with Crippen molar-refractivity contribution in [2.45, 2.75) is 18.9 Å². The third-order valence-corrected chi connectivity index (χ3v) is 2.81. The number of hydrogen-bond donors (Lipinski definition) is 3. The summed E-state index contributed by atoms with van der Waals surface area (Å²) in [6.07, 6.45) is 2.71. The number of rotatable bonds is 3. The molecular weight excluding hydrogens is 208 g/mol. The number of carbonyl (C=O) groups excluding carboxylic acids is 1. The van der Waals surface area contributed by atoms with Crippen LogP contribution in [-0.2, 0) is 0 Å². The number of amides is 1. The maximum atomic E-state index is 11.6. The Labute approximate surface area is 92.5 Å². The van der Waals surface area contributed by atoms with Crippen molar-refractivity contribution in [3.05, 3.63) is 34.2 Å². The maximum Gasteiger partial charge on any atom is 0.252 e. The van der Waals surface area contributed by atoms with Gasteiger partial charge >= 0.3 is 0 Å². The second kappa shape index (κ2) is 4.49. The highest BCUT2D eigenvalue weighted by Crippen LogP contribution is 2.26. The van der Waals surface area contributed by atoms with Crippen LogP contribution in [0.5, 0.6) is 0 Å². The van der Waals surface area contributed by atoms with Gasteiger partial charge in [-0.3, -0.25) is 9.59 Å². The van der Waals surface area contributed by atoms with Crippen LogP contribution in [0.25, 0.3) is 0 Å². The zero-order valence-corrected chi connectivity index (χ0v) is 8.77. The van der Waals surface area contributed by atoms with Gasteiger partial charge in [0, 0.05) is 18.8 Å². The molecule has 3 N–H and O–H groups in total. The second-order valence-electron chi connectivity index (χ2n) is 4.14. The molecule has 16 heavy (non-hydrogen) atoms. The van der Waals surface area contributed by atoms with E-state index in [1.54, 1.807) is 0 Å². The topological polar surface area (TPSA) is 82.2 Å². The van der Waals surface area contributed by atoms with Gasteiger partial charge in [-0.15, -0.1) is 0 Å². The Morgan fingerprint density at radius 3 is 2.81 bits per heavy atom. The third-order valence-electron chi connectivity index (χ3n) is 2.81. The molecular formula is C11H14N2O3. The second-order valence-corrected chi connectivity index (χ2v) is 4.14. The summed E-state index contributed by atoms with van der Waals surface area (Å²) in [5.41, 5.74) is 0.220. The standard InChI is InChI=1S/C11H14N2O3/c14-9-3-7(4-9)5-13-11(16)8-1-2-10(15)12-6-8/h1-2,6-7,9,14H,3-5H2,(H,12,15)(H,13,16). The van der Waals surface area contributed by atoms with Crippen LogP contribution >= 0.6 is 0 Å². The van der Waals surface area contributed by atoms with Crippen molar-refractivity contribution in [3.63, 3.8) is 0 Å². The van der Waals surface area contributed by atoms with Crippen molar-refractivity contribution in [1.29, 1.82) is 0 Å². The van der Waals surface area contributed by atoms with Crippen LogP contribution in [0.4, 0.5) is 0 Å². The minimum atomic E-state index is -0.223. The third kappa shape index (κ3) is 2.49. The normalized spacial score (nSPS) is 23.6. The molecule has 86 valence electrons. The van der Waals surface area contributed by atoms with E-state index in [2.05, 4.69) is 10.3 Å². The molecule has 1 aliphatic carbocycles. The average molecular weight is 222 g/mol. The van der Waals surface area contributed by atoms with Crippen LogP contribution < -0.4 is 10.9 Å². The quantitative estimate of drug-likeness (QED) is 0.666. The first-order chi connectivity index (χ1) is 7.65. The molecule has 0 radical (unpaired) electrons. The van der Waals surface area contributed by atoms with Gasteiger partial charge in [-0.25, -0.2) is 0 Å². The van der Waals surface area contributed by atoms with E-state index in [-0.39, 0.29) is 17.6 Å². The van der Waals surface area contributed by atoms with Crippen LogP contribution in [0.3, 0.4) is 0 Å². The Morgan fingerprint density at radius 1 is 1.50 bits per heavy atom. The summed E-state index contributed by atoms with van der Waals surface area (Å²) in [6, 6.07) is 2.81. The molecule has 0 aromatic carbocycles. The van der Waals surface area contributed by atoms with Gasteiger partial charge in [0.2, 0.25) is 5.56 Å². The number of aliphatic hydroxyl groups is 1. The Hall–Kier alpha value is -1.62. The number of H-pyrrole nitrogens is 1. The molecule has 2 rings (SSSR count). The molecule has 0 bridgehead atoms. The van der Waals surface area contributed by atoms with Gasteiger partial charge in [0.25, 0.3) is 5.91 Å². The first-order valence-electron chi connectivity index (χ1n) is 5.30. The van der Waals surface area contributed by atoms with E-state index in [0.29, 0.717) is 18.0 Å². The van der Waals surface area contributed by atoms with Crippen LogP contribution in [0.2, 0.25) is 0 Å². The smallest absolute Gasteiger partial charge is 0.252 e. The molecule has 1 heterocycles. The monoisotopic (exact) mass is 222 g/mol. The number of aromatic amines is 1. The summed E-state index contributed by atoms with van der Waals surface area (Å²) in [6.45, 7) is 0.578. The molecule has 1 aromatic rings. The van der Waals surface area contributed by atoms with E-state index < -0.39 is 0 Å². The van der Waals surface area contributed by atoms with Crippen molar-refractivity contribution in [2.24, 2.45) is 5.92 Å². The fourth-order valence-electron chi connectivity index (χ4n) is 1.76.